The lowest BCUT2D eigenvalue weighted by atomic mass is 10.1. The van der Waals surface area contributed by atoms with E-state index in [0.29, 0.717) is 6.04 Å². The van der Waals surface area contributed by atoms with Crippen LogP contribution in [0.4, 0.5) is 0 Å². The zero-order valence-corrected chi connectivity index (χ0v) is 14.9. The number of aromatic nitrogens is 3. The van der Waals surface area contributed by atoms with E-state index in [1.165, 1.54) is 38.8 Å². The van der Waals surface area contributed by atoms with Crippen LogP contribution in [0.3, 0.4) is 0 Å². The summed E-state index contributed by atoms with van der Waals surface area (Å²) in [5, 5.41) is 15.4. The normalized spacial score (nSPS) is 20.1. The standard InChI is InChI=1S/C18H27N7/c1-19-18(21-14-8-12-24(13-9-14)15-5-6-15)20-10-7-17-23-22-16-4-2-3-11-25(16)17/h2-4,11,14-15H,5-10,12-13H2,1H3,(H2,19,20,21). The second kappa shape index (κ2) is 7.39. The number of fused-ring (bicyclic) bond motifs is 1. The summed E-state index contributed by atoms with van der Waals surface area (Å²) in [7, 11) is 1.83. The maximum Gasteiger partial charge on any atom is 0.191 e. The number of rotatable bonds is 5. The molecule has 0 radical (unpaired) electrons. The van der Waals surface area contributed by atoms with Crippen LogP contribution in [0.1, 0.15) is 31.5 Å². The molecule has 2 aromatic rings. The highest BCUT2D eigenvalue weighted by molar-refractivity contribution is 5.79. The first-order valence-electron chi connectivity index (χ1n) is 9.33. The predicted molar refractivity (Wildman–Crippen MR) is 98.8 cm³/mol. The summed E-state index contributed by atoms with van der Waals surface area (Å²) in [6.07, 6.45) is 8.02. The molecule has 0 spiro atoms. The van der Waals surface area contributed by atoms with E-state index in [1.807, 2.05) is 35.8 Å². The molecular weight excluding hydrogens is 314 g/mol. The largest absolute Gasteiger partial charge is 0.356 e. The molecule has 0 amide bonds. The van der Waals surface area contributed by atoms with Crippen LogP contribution in [0.5, 0.6) is 0 Å². The quantitative estimate of drug-likeness (QED) is 0.629. The topological polar surface area (TPSA) is 69.8 Å². The zero-order valence-electron chi connectivity index (χ0n) is 14.9. The number of nitrogens with one attached hydrogen (secondary N) is 2. The fourth-order valence-electron chi connectivity index (χ4n) is 3.59. The molecule has 0 aromatic carbocycles. The lowest BCUT2D eigenvalue weighted by molar-refractivity contribution is 0.197. The lowest BCUT2D eigenvalue weighted by Gasteiger charge is -2.33. The molecule has 2 aromatic heterocycles. The van der Waals surface area contributed by atoms with Gasteiger partial charge >= 0.3 is 0 Å². The van der Waals surface area contributed by atoms with Crippen molar-refractivity contribution in [2.75, 3.05) is 26.7 Å². The molecule has 3 heterocycles. The molecule has 1 saturated carbocycles. The molecule has 1 aliphatic heterocycles. The molecule has 0 bridgehead atoms. The van der Waals surface area contributed by atoms with E-state index in [-0.39, 0.29) is 0 Å². The van der Waals surface area contributed by atoms with E-state index in [9.17, 15) is 0 Å². The highest BCUT2D eigenvalue weighted by Gasteiger charge is 2.31. The van der Waals surface area contributed by atoms with Crippen LogP contribution in [0, 0.1) is 0 Å². The summed E-state index contributed by atoms with van der Waals surface area (Å²) < 4.78 is 2.03. The average Bonchev–Trinajstić information content (AvgIpc) is 3.43. The Morgan fingerprint density at radius 1 is 1.20 bits per heavy atom. The summed E-state index contributed by atoms with van der Waals surface area (Å²) in [5.41, 5.74) is 0.891. The summed E-state index contributed by atoms with van der Waals surface area (Å²) >= 11 is 0. The Morgan fingerprint density at radius 3 is 2.80 bits per heavy atom. The van der Waals surface area contributed by atoms with Crippen molar-refractivity contribution in [2.45, 2.75) is 44.2 Å². The van der Waals surface area contributed by atoms with E-state index >= 15 is 0 Å². The third kappa shape index (κ3) is 3.92. The second-order valence-corrected chi connectivity index (χ2v) is 6.98. The monoisotopic (exact) mass is 341 g/mol. The van der Waals surface area contributed by atoms with E-state index in [0.717, 1.165) is 36.4 Å². The number of hydrogen-bond donors (Lipinski definition) is 2. The van der Waals surface area contributed by atoms with Gasteiger partial charge in [-0.05, 0) is 37.8 Å². The van der Waals surface area contributed by atoms with Gasteiger partial charge in [0.2, 0.25) is 0 Å². The third-order valence-electron chi connectivity index (χ3n) is 5.18. The maximum absolute atomic E-state index is 4.37. The molecule has 0 unspecified atom stereocenters. The van der Waals surface area contributed by atoms with Gasteiger partial charge in [0.25, 0.3) is 0 Å². The number of aliphatic imine (C=N–C) groups is 1. The van der Waals surface area contributed by atoms with Gasteiger partial charge in [-0.15, -0.1) is 10.2 Å². The predicted octanol–water partition coefficient (Wildman–Crippen LogP) is 1.06. The van der Waals surface area contributed by atoms with Gasteiger partial charge in [0.15, 0.2) is 11.6 Å². The van der Waals surface area contributed by atoms with Gasteiger partial charge in [-0.2, -0.15) is 0 Å². The summed E-state index contributed by atoms with van der Waals surface area (Å²) in [6.45, 7) is 3.21. The van der Waals surface area contributed by atoms with E-state index in [4.69, 9.17) is 0 Å². The first kappa shape index (κ1) is 16.3. The number of hydrogen-bond acceptors (Lipinski definition) is 4. The molecule has 2 N–H and O–H groups in total. The number of pyridine rings is 1. The van der Waals surface area contributed by atoms with Gasteiger partial charge in [0, 0.05) is 51.4 Å². The van der Waals surface area contributed by atoms with E-state index in [1.54, 1.807) is 0 Å². The Labute approximate surface area is 148 Å². The van der Waals surface area contributed by atoms with Crippen molar-refractivity contribution in [3.05, 3.63) is 30.2 Å². The maximum atomic E-state index is 4.37. The van der Waals surface area contributed by atoms with Crippen molar-refractivity contribution < 1.29 is 0 Å². The summed E-state index contributed by atoms with van der Waals surface area (Å²) in [5.74, 6) is 1.86. The molecule has 0 atom stereocenters. The summed E-state index contributed by atoms with van der Waals surface area (Å²) in [4.78, 5) is 7.01. The Bertz CT molecular complexity index is 726. The fourth-order valence-corrected chi connectivity index (χ4v) is 3.59. The van der Waals surface area contributed by atoms with Gasteiger partial charge in [-0.3, -0.25) is 9.39 Å². The van der Waals surface area contributed by atoms with Crippen molar-refractivity contribution in [1.29, 1.82) is 0 Å². The SMILES string of the molecule is CN=C(NCCc1nnc2ccccn12)NC1CCN(C2CC2)CC1. The van der Waals surface area contributed by atoms with Crippen LogP contribution in [-0.4, -0.2) is 64.2 Å². The Hall–Kier alpha value is -2.15. The molecule has 134 valence electrons. The van der Waals surface area contributed by atoms with Crippen molar-refractivity contribution in [1.82, 2.24) is 30.1 Å². The van der Waals surface area contributed by atoms with Gasteiger partial charge < -0.3 is 15.5 Å². The molecular formula is C18H27N7. The molecule has 1 saturated heterocycles. The first-order valence-corrected chi connectivity index (χ1v) is 9.33. The summed E-state index contributed by atoms with van der Waals surface area (Å²) in [6, 6.07) is 7.36. The molecule has 7 heteroatoms. The van der Waals surface area contributed by atoms with Crippen LogP contribution in [-0.2, 0) is 6.42 Å². The van der Waals surface area contributed by atoms with E-state index < -0.39 is 0 Å². The van der Waals surface area contributed by atoms with Gasteiger partial charge in [0.05, 0.1) is 0 Å². The lowest BCUT2D eigenvalue weighted by Crippen LogP contribution is -2.49. The van der Waals surface area contributed by atoms with Crippen LogP contribution < -0.4 is 10.6 Å². The Kier molecular flexibility index (Phi) is 4.83. The van der Waals surface area contributed by atoms with Gasteiger partial charge in [0.1, 0.15) is 5.82 Å². The highest BCUT2D eigenvalue weighted by Crippen LogP contribution is 2.29. The molecule has 2 fully saturated rings. The number of likely N-dealkylation sites (tertiary alicyclic amines) is 1. The van der Waals surface area contributed by atoms with Gasteiger partial charge in [-0.1, -0.05) is 6.07 Å². The number of guanidine groups is 1. The number of nitrogens with zero attached hydrogens (tertiary/aromatic N) is 5. The molecule has 2 aliphatic rings. The van der Waals surface area contributed by atoms with Crippen LogP contribution >= 0.6 is 0 Å². The van der Waals surface area contributed by atoms with Crippen LogP contribution in [0.15, 0.2) is 29.4 Å². The second-order valence-electron chi connectivity index (χ2n) is 6.98. The molecule has 7 nitrogen and oxygen atoms in total. The van der Waals surface area contributed by atoms with Crippen LogP contribution in [0.2, 0.25) is 0 Å². The molecule has 25 heavy (non-hydrogen) atoms. The number of piperidine rings is 1. The third-order valence-corrected chi connectivity index (χ3v) is 5.18. The minimum Gasteiger partial charge on any atom is -0.356 e. The minimum atomic E-state index is 0.523. The van der Waals surface area contributed by atoms with Crippen molar-refractivity contribution >= 4 is 11.6 Å². The highest BCUT2D eigenvalue weighted by atomic mass is 15.3. The Morgan fingerprint density at radius 2 is 2.04 bits per heavy atom. The molecule has 1 aliphatic carbocycles. The first-order chi connectivity index (χ1) is 12.3. The zero-order chi connectivity index (χ0) is 17.1. The van der Waals surface area contributed by atoms with Gasteiger partial charge in [-0.25, -0.2) is 0 Å². The van der Waals surface area contributed by atoms with Crippen molar-refractivity contribution in [2.24, 2.45) is 4.99 Å². The van der Waals surface area contributed by atoms with Crippen molar-refractivity contribution in [3.8, 4) is 0 Å². The minimum absolute atomic E-state index is 0.523. The van der Waals surface area contributed by atoms with Crippen LogP contribution in [0.25, 0.3) is 5.65 Å². The average molecular weight is 341 g/mol. The smallest absolute Gasteiger partial charge is 0.191 e. The fraction of sp³-hybridized carbons (Fsp3) is 0.611. The Balaban J connectivity index is 1.24. The van der Waals surface area contributed by atoms with E-state index in [2.05, 4.69) is 30.7 Å². The molecule has 4 rings (SSSR count). The van der Waals surface area contributed by atoms with Crippen molar-refractivity contribution in [3.63, 3.8) is 0 Å².